The van der Waals surface area contributed by atoms with Crippen molar-refractivity contribution < 1.29 is 4.79 Å². The number of hydrogen-bond acceptors (Lipinski definition) is 3. The van der Waals surface area contributed by atoms with Crippen LogP contribution in [0.3, 0.4) is 0 Å². The summed E-state index contributed by atoms with van der Waals surface area (Å²) in [5, 5.41) is 5.49. The van der Waals surface area contributed by atoms with Crippen LogP contribution in [0.15, 0.2) is 29.6 Å². The van der Waals surface area contributed by atoms with Crippen LogP contribution >= 0.6 is 11.3 Å². The quantitative estimate of drug-likeness (QED) is 0.911. The van der Waals surface area contributed by atoms with Crippen molar-refractivity contribution in [1.29, 1.82) is 0 Å². The third-order valence-electron chi connectivity index (χ3n) is 2.72. The van der Waals surface area contributed by atoms with E-state index in [0.717, 1.165) is 11.3 Å². The summed E-state index contributed by atoms with van der Waals surface area (Å²) in [6, 6.07) is 7.54. The Balaban J connectivity index is 2.14. The number of amides is 1. The van der Waals surface area contributed by atoms with Gasteiger partial charge in [-0.3, -0.25) is 10.1 Å². The van der Waals surface area contributed by atoms with Crippen LogP contribution in [0.1, 0.15) is 41.4 Å². The van der Waals surface area contributed by atoms with Gasteiger partial charge in [0.2, 0.25) is 0 Å². The Labute approximate surface area is 111 Å². The van der Waals surface area contributed by atoms with Gasteiger partial charge in [0.1, 0.15) is 0 Å². The number of carbonyl (C=O) groups excluding carboxylic acids is 1. The molecule has 0 atom stereocenters. The van der Waals surface area contributed by atoms with E-state index in [-0.39, 0.29) is 5.91 Å². The zero-order valence-corrected chi connectivity index (χ0v) is 11.5. The van der Waals surface area contributed by atoms with E-state index in [9.17, 15) is 4.79 Å². The molecule has 2 rings (SSSR count). The summed E-state index contributed by atoms with van der Waals surface area (Å²) in [4.78, 5) is 16.5. The molecule has 0 unspecified atom stereocenters. The van der Waals surface area contributed by atoms with Crippen molar-refractivity contribution in [3.63, 3.8) is 0 Å². The van der Waals surface area contributed by atoms with Gasteiger partial charge in [0.25, 0.3) is 5.91 Å². The topological polar surface area (TPSA) is 42.0 Å². The SMILES string of the molecule is Cc1ccccc1C(=O)Nc1nc(C(C)C)cs1. The van der Waals surface area contributed by atoms with E-state index in [2.05, 4.69) is 24.1 Å². The van der Waals surface area contributed by atoms with E-state index in [1.165, 1.54) is 11.3 Å². The van der Waals surface area contributed by atoms with Gasteiger partial charge in [-0.1, -0.05) is 32.0 Å². The first kappa shape index (κ1) is 12.8. The normalized spacial score (nSPS) is 10.7. The number of aryl methyl sites for hydroxylation is 1. The van der Waals surface area contributed by atoms with Crippen molar-refractivity contribution in [2.24, 2.45) is 0 Å². The second-order valence-corrected chi connectivity index (χ2v) is 5.36. The summed E-state index contributed by atoms with van der Waals surface area (Å²) in [6.45, 7) is 6.10. The summed E-state index contributed by atoms with van der Waals surface area (Å²) >= 11 is 1.46. The maximum Gasteiger partial charge on any atom is 0.257 e. The van der Waals surface area contributed by atoms with Crippen LogP contribution in [-0.2, 0) is 0 Å². The fourth-order valence-corrected chi connectivity index (χ4v) is 2.47. The number of benzene rings is 1. The highest BCUT2D eigenvalue weighted by molar-refractivity contribution is 7.14. The number of thiazole rings is 1. The van der Waals surface area contributed by atoms with Gasteiger partial charge in [-0.05, 0) is 24.5 Å². The maximum absolute atomic E-state index is 12.1. The lowest BCUT2D eigenvalue weighted by Crippen LogP contribution is -2.13. The first-order chi connectivity index (χ1) is 8.58. The summed E-state index contributed by atoms with van der Waals surface area (Å²) in [5.41, 5.74) is 2.68. The number of nitrogens with one attached hydrogen (secondary N) is 1. The molecule has 18 heavy (non-hydrogen) atoms. The predicted molar refractivity (Wildman–Crippen MR) is 75.3 cm³/mol. The highest BCUT2D eigenvalue weighted by Gasteiger charge is 2.11. The molecule has 1 N–H and O–H groups in total. The molecule has 0 aliphatic heterocycles. The van der Waals surface area contributed by atoms with Crippen LogP contribution in [-0.4, -0.2) is 10.9 Å². The molecule has 0 aliphatic carbocycles. The van der Waals surface area contributed by atoms with Crippen LogP contribution in [0.25, 0.3) is 0 Å². The largest absolute Gasteiger partial charge is 0.298 e. The zero-order chi connectivity index (χ0) is 13.1. The highest BCUT2D eigenvalue weighted by atomic mass is 32.1. The molecule has 3 nitrogen and oxygen atoms in total. The highest BCUT2D eigenvalue weighted by Crippen LogP contribution is 2.22. The number of hydrogen-bond donors (Lipinski definition) is 1. The van der Waals surface area contributed by atoms with E-state index < -0.39 is 0 Å². The molecule has 0 fully saturated rings. The molecule has 0 radical (unpaired) electrons. The Bertz CT molecular complexity index is 560. The molecule has 4 heteroatoms. The Morgan fingerprint density at radius 1 is 1.33 bits per heavy atom. The Kier molecular flexibility index (Phi) is 3.77. The lowest BCUT2D eigenvalue weighted by atomic mass is 10.1. The molecule has 2 aromatic rings. The van der Waals surface area contributed by atoms with Crippen LogP contribution < -0.4 is 5.32 Å². The molecule has 0 saturated heterocycles. The third-order valence-corrected chi connectivity index (χ3v) is 3.50. The van der Waals surface area contributed by atoms with Crippen molar-refractivity contribution >= 4 is 22.4 Å². The summed E-state index contributed by atoms with van der Waals surface area (Å²) < 4.78 is 0. The van der Waals surface area contributed by atoms with Crippen molar-refractivity contribution in [3.8, 4) is 0 Å². The lowest BCUT2D eigenvalue weighted by Gasteiger charge is -2.04. The number of nitrogens with zero attached hydrogens (tertiary/aromatic N) is 1. The minimum absolute atomic E-state index is 0.0993. The van der Waals surface area contributed by atoms with Gasteiger partial charge in [-0.15, -0.1) is 11.3 Å². The molecule has 1 aromatic carbocycles. The Morgan fingerprint density at radius 3 is 2.67 bits per heavy atom. The van der Waals surface area contributed by atoms with Crippen LogP contribution in [0.4, 0.5) is 5.13 Å². The van der Waals surface area contributed by atoms with Gasteiger partial charge < -0.3 is 0 Å². The van der Waals surface area contributed by atoms with Gasteiger partial charge in [0, 0.05) is 10.9 Å². The number of anilines is 1. The van der Waals surface area contributed by atoms with Crippen LogP contribution in [0.2, 0.25) is 0 Å². The fraction of sp³-hybridized carbons (Fsp3) is 0.286. The smallest absolute Gasteiger partial charge is 0.257 e. The molecular weight excluding hydrogens is 244 g/mol. The minimum atomic E-state index is -0.0993. The standard InChI is InChI=1S/C14H16N2OS/c1-9(2)12-8-18-14(15-12)16-13(17)11-7-5-4-6-10(11)3/h4-9H,1-3H3,(H,15,16,17). The van der Waals surface area contributed by atoms with Gasteiger partial charge >= 0.3 is 0 Å². The average Bonchev–Trinajstić information content (AvgIpc) is 2.78. The van der Waals surface area contributed by atoms with Crippen molar-refractivity contribution in [3.05, 3.63) is 46.5 Å². The first-order valence-electron chi connectivity index (χ1n) is 5.90. The Morgan fingerprint density at radius 2 is 2.06 bits per heavy atom. The molecule has 94 valence electrons. The van der Waals surface area contributed by atoms with E-state index in [4.69, 9.17) is 0 Å². The van der Waals surface area contributed by atoms with Crippen molar-refractivity contribution in [2.45, 2.75) is 26.7 Å². The van der Waals surface area contributed by atoms with Gasteiger partial charge in [0.05, 0.1) is 5.69 Å². The second kappa shape index (κ2) is 5.31. The number of aromatic nitrogens is 1. The number of carbonyl (C=O) groups is 1. The monoisotopic (exact) mass is 260 g/mol. The van der Waals surface area contributed by atoms with Crippen LogP contribution in [0, 0.1) is 6.92 Å². The van der Waals surface area contributed by atoms with E-state index in [1.807, 2.05) is 36.6 Å². The predicted octanol–water partition coefficient (Wildman–Crippen LogP) is 3.83. The van der Waals surface area contributed by atoms with E-state index >= 15 is 0 Å². The van der Waals surface area contributed by atoms with Gasteiger partial charge in [-0.2, -0.15) is 0 Å². The second-order valence-electron chi connectivity index (χ2n) is 4.50. The third kappa shape index (κ3) is 2.76. The maximum atomic E-state index is 12.1. The summed E-state index contributed by atoms with van der Waals surface area (Å²) in [6.07, 6.45) is 0. The molecule has 1 amide bonds. The first-order valence-corrected chi connectivity index (χ1v) is 6.78. The van der Waals surface area contributed by atoms with Crippen molar-refractivity contribution in [2.75, 3.05) is 5.32 Å². The minimum Gasteiger partial charge on any atom is -0.298 e. The Hall–Kier alpha value is -1.68. The molecule has 0 bridgehead atoms. The molecule has 0 aliphatic rings. The zero-order valence-electron chi connectivity index (χ0n) is 10.7. The average molecular weight is 260 g/mol. The van der Waals surface area contributed by atoms with Crippen molar-refractivity contribution in [1.82, 2.24) is 4.98 Å². The van der Waals surface area contributed by atoms with Crippen LogP contribution in [0.5, 0.6) is 0 Å². The molecule has 0 saturated carbocycles. The molecule has 1 aromatic heterocycles. The molecule has 1 heterocycles. The van der Waals surface area contributed by atoms with E-state index in [1.54, 1.807) is 0 Å². The molecular formula is C14H16N2OS. The summed E-state index contributed by atoms with van der Waals surface area (Å²) in [7, 11) is 0. The van der Waals surface area contributed by atoms with Gasteiger partial charge in [-0.25, -0.2) is 4.98 Å². The van der Waals surface area contributed by atoms with Gasteiger partial charge in [0.15, 0.2) is 5.13 Å². The number of rotatable bonds is 3. The summed E-state index contributed by atoms with van der Waals surface area (Å²) in [5.74, 6) is 0.281. The fourth-order valence-electron chi connectivity index (χ4n) is 1.60. The van der Waals surface area contributed by atoms with E-state index in [0.29, 0.717) is 16.6 Å². The molecule has 0 spiro atoms. The lowest BCUT2D eigenvalue weighted by molar-refractivity contribution is 0.102.